The predicted octanol–water partition coefficient (Wildman–Crippen LogP) is 4.40. The van der Waals surface area contributed by atoms with Gasteiger partial charge in [0.2, 0.25) is 0 Å². The highest BCUT2D eigenvalue weighted by atomic mass is 35.5. The lowest BCUT2D eigenvalue weighted by Gasteiger charge is -2.37. The third-order valence-corrected chi connectivity index (χ3v) is 5.15. The molecule has 0 saturated heterocycles. The molecule has 1 unspecified atom stereocenters. The van der Waals surface area contributed by atoms with Gasteiger partial charge in [-0.25, -0.2) is 0 Å². The monoisotopic (exact) mass is 287 g/mol. The molecule has 1 aromatic rings. The molecule has 0 bridgehead atoms. The molecule has 0 radical (unpaired) electrons. The average molecular weight is 288 g/mol. The van der Waals surface area contributed by atoms with Crippen molar-refractivity contribution in [2.75, 3.05) is 13.2 Å². The molecule has 0 amide bonds. The van der Waals surface area contributed by atoms with E-state index in [0.717, 1.165) is 31.0 Å². The summed E-state index contributed by atoms with van der Waals surface area (Å²) in [6.45, 7) is 5.93. The second kappa shape index (κ2) is 6.38. The molecule has 2 nitrogen and oxygen atoms in total. The molecule has 2 rings (SSSR count). The van der Waals surface area contributed by atoms with Gasteiger partial charge in [-0.05, 0) is 37.8 Å². The minimum Gasteiger partial charge on any atom is -0.373 e. The molecule has 0 aromatic carbocycles. The molecule has 1 aromatic heterocycles. The molecular formula is C14H22ClNOS. The van der Waals surface area contributed by atoms with Crippen LogP contribution in [0.25, 0.3) is 0 Å². The highest BCUT2D eigenvalue weighted by molar-refractivity contribution is 7.10. The van der Waals surface area contributed by atoms with E-state index in [0.29, 0.717) is 0 Å². The standard InChI is InChI=1S/C14H22ClNOS/c1-3-16-13(12-11(15)7-10-18-12)14(17-4-2)8-5-6-9-14/h7,10,13,16H,3-6,8-9H2,1-2H3. The van der Waals surface area contributed by atoms with E-state index >= 15 is 0 Å². The zero-order valence-electron chi connectivity index (χ0n) is 11.2. The number of ether oxygens (including phenoxy) is 1. The van der Waals surface area contributed by atoms with Crippen molar-refractivity contribution >= 4 is 22.9 Å². The van der Waals surface area contributed by atoms with Crippen LogP contribution in [0.1, 0.15) is 50.4 Å². The quantitative estimate of drug-likeness (QED) is 0.837. The fourth-order valence-corrected chi connectivity index (χ4v) is 4.36. The molecule has 1 atom stereocenters. The van der Waals surface area contributed by atoms with E-state index < -0.39 is 0 Å². The maximum atomic E-state index is 6.33. The van der Waals surface area contributed by atoms with Crippen molar-refractivity contribution in [3.63, 3.8) is 0 Å². The minimum atomic E-state index is -0.0563. The molecule has 1 fully saturated rings. The Morgan fingerprint density at radius 3 is 2.67 bits per heavy atom. The van der Waals surface area contributed by atoms with Crippen molar-refractivity contribution in [2.45, 2.75) is 51.2 Å². The number of halogens is 1. The van der Waals surface area contributed by atoms with Crippen LogP contribution in [0.4, 0.5) is 0 Å². The molecule has 4 heteroatoms. The van der Waals surface area contributed by atoms with Gasteiger partial charge in [0.15, 0.2) is 0 Å². The number of rotatable bonds is 6. The van der Waals surface area contributed by atoms with Crippen molar-refractivity contribution in [1.29, 1.82) is 0 Å². The van der Waals surface area contributed by atoms with Gasteiger partial charge in [-0.15, -0.1) is 11.3 Å². The van der Waals surface area contributed by atoms with Gasteiger partial charge in [0.25, 0.3) is 0 Å². The van der Waals surface area contributed by atoms with Gasteiger partial charge >= 0.3 is 0 Å². The summed E-state index contributed by atoms with van der Waals surface area (Å²) in [7, 11) is 0. The van der Waals surface area contributed by atoms with Crippen LogP contribution in [0.5, 0.6) is 0 Å². The summed E-state index contributed by atoms with van der Waals surface area (Å²) in [4.78, 5) is 1.23. The zero-order chi connectivity index (χ0) is 13.0. The van der Waals surface area contributed by atoms with Gasteiger partial charge in [0.05, 0.1) is 16.7 Å². The lowest BCUT2D eigenvalue weighted by atomic mass is 9.90. The Morgan fingerprint density at radius 2 is 2.17 bits per heavy atom. The van der Waals surface area contributed by atoms with Crippen molar-refractivity contribution in [3.8, 4) is 0 Å². The predicted molar refractivity (Wildman–Crippen MR) is 78.6 cm³/mol. The summed E-state index contributed by atoms with van der Waals surface area (Å²) < 4.78 is 6.17. The van der Waals surface area contributed by atoms with Gasteiger partial charge in [-0.1, -0.05) is 31.4 Å². The smallest absolute Gasteiger partial charge is 0.0884 e. The number of nitrogens with one attached hydrogen (secondary N) is 1. The average Bonchev–Trinajstić information content (AvgIpc) is 2.97. The van der Waals surface area contributed by atoms with Gasteiger partial charge in [-0.2, -0.15) is 0 Å². The Morgan fingerprint density at radius 1 is 1.44 bits per heavy atom. The van der Waals surface area contributed by atoms with E-state index in [1.807, 2.05) is 6.07 Å². The number of likely N-dealkylation sites (N-methyl/N-ethyl adjacent to an activating group) is 1. The molecule has 18 heavy (non-hydrogen) atoms. The van der Waals surface area contributed by atoms with Gasteiger partial charge in [-0.3, -0.25) is 0 Å². The number of thiophene rings is 1. The molecule has 1 aliphatic rings. The molecule has 0 aliphatic heterocycles. The maximum absolute atomic E-state index is 6.33. The molecule has 0 spiro atoms. The highest BCUT2D eigenvalue weighted by Crippen LogP contribution is 2.46. The van der Waals surface area contributed by atoms with Crippen LogP contribution in [0, 0.1) is 0 Å². The molecule has 1 heterocycles. The molecular weight excluding hydrogens is 266 g/mol. The molecule has 1 N–H and O–H groups in total. The van der Waals surface area contributed by atoms with E-state index in [1.165, 1.54) is 17.7 Å². The number of hydrogen-bond acceptors (Lipinski definition) is 3. The Bertz CT molecular complexity index is 374. The normalized spacial score (nSPS) is 20.2. The van der Waals surface area contributed by atoms with Crippen LogP contribution in [0.3, 0.4) is 0 Å². The molecule has 1 saturated carbocycles. The molecule has 102 valence electrons. The summed E-state index contributed by atoms with van der Waals surface area (Å²) in [6.07, 6.45) is 4.77. The van der Waals surface area contributed by atoms with E-state index in [-0.39, 0.29) is 11.6 Å². The van der Waals surface area contributed by atoms with Crippen molar-refractivity contribution in [1.82, 2.24) is 5.32 Å². The second-order valence-corrected chi connectivity index (χ2v) is 6.18. The van der Waals surface area contributed by atoms with Gasteiger partial charge in [0.1, 0.15) is 0 Å². The Hall–Kier alpha value is -0.0900. The minimum absolute atomic E-state index is 0.0563. The Balaban J connectivity index is 2.30. The highest BCUT2D eigenvalue weighted by Gasteiger charge is 2.43. The zero-order valence-corrected chi connectivity index (χ0v) is 12.7. The summed E-state index contributed by atoms with van der Waals surface area (Å²) >= 11 is 8.06. The first-order chi connectivity index (χ1) is 8.73. The van der Waals surface area contributed by atoms with Crippen LogP contribution >= 0.6 is 22.9 Å². The molecule has 1 aliphatic carbocycles. The second-order valence-electron chi connectivity index (χ2n) is 4.83. The van der Waals surface area contributed by atoms with E-state index in [2.05, 4.69) is 24.5 Å². The lowest BCUT2D eigenvalue weighted by molar-refractivity contribution is -0.0614. The maximum Gasteiger partial charge on any atom is 0.0884 e. The van der Waals surface area contributed by atoms with Gasteiger partial charge < -0.3 is 10.1 Å². The van der Waals surface area contributed by atoms with Gasteiger partial charge in [0, 0.05) is 11.5 Å². The Kier molecular flexibility index (Phi) is 5.07. The summed E-state index contributed by atoms with van der Waals surface area (Å²) in [5.41, 5.74) is -0.0563. The number of hydrogen-bond donors (Lipinski definition) is 1. The van der Waals surface area contributed by atoms with Crippen LogP contribution in [-0.4, -0.2) is 18.8 Å². The third-order valence-electron chi connectivity index (χ3n) is 3.72. The fraction of sp³-hybridized carbons (Fsp3) is 0.714. The van der Waals surface area contributed by atoms with Crippen LogP contribution in [0.2, 0.25) is 5.02 Å². The third kappa shape index (κ3) is 2.74. The van der Waals surface area contributed by atoms with Crippen LogP contribution < -0.4 is 5.32 Å². The Labute approximate surface area is 119 Å². The van der Waals surface area contributed by atoms with E-state index in [9.17, 15) is 0 Å². The first-order valence-electron chi connectivity index (χ1n) is 6.83. The van der Waals surface area contributed by atoms with Crippen molar-refractivity contribution in [3.05, 3.63) is 21.3 Å². The van der Waals surface area contributed by atoms with Crippen molar-refractivity contribution in [2.24, 2.45) is 0 Å². The van der Waals surface area contributed by atoms with Crippen LogP contribution in [0.15, 0.2) is 11.4 Å². The van der Waals surface area contributed by atoms with Crippen molar-refractivity contribution < 1.29 is 4.74 Å². The first kappa shape index (κ1) is 14.3. The van der Waals surface area contributed by atoms with E-state index in [4.69, 9.17) is 16.3 Å². The fourth-order valence-electron chi connectivity index (χ4n) is 3.01. The van der Waals surface area contributed by atoms with Crippen LogP contribution in [-0.2, 0) is 4.74 Å². The summed E-state index contributed by atoms with van der Waals surface area (Å²) in [5, 5.41) is 6.53. The largest absolute Gasteiger partial charge is 0.373 e. The summed E-state index contributed by atoms with van der Waals surface area (Å²) in [6, 6.07) is 2.22. The summed E-state index contributed by atoms with van der Waals surface area (Å²) in [5.74, 6) is 0. The lowest BCUT2D eigenvalue weighted by Crippen LogP contribution is -2.44. The van der Waals surface area contributed by atoms with E-state index in [1.54, 1.807) is 11.3 Å². The topological polar surface area (TPSA) is 21.3 Å². The first-order valence-corrected chi connectivity index (χ1v) is 8.09. The SMILES string of the molecule is CCNC(c1sccc1Cl)C1(OCC)CCCC1.